The van der Waals surface area contributed by atoms with E-state index in [-0.39, 0.29) is 0 Å². The van der Waals surface area contributed by atoms with Gasteiger partial charge in [0, 0.05) is 12.1 Å². The number of nitrogens with one attached hydrogen (secondary N) is 1. The summed E-state index contributed by atoms with van der Waals surface area (Å²) < 4.78 is 0. The van der Waals surface area contributed by atoms with Gasteiger partial charge >= 0.3 is 0 Å². The largest absolute Gasteiger partial charge is 0.382 e. The first-order chi connectivity index (χ1) is 9.27. The van der Waals surface area contributed by atoms with Crippen LogP contribution >= 0.6 is 0 Å². The molecule has 0 heterocycles. The van der Waals surface area contributed by atoms with Crippen molar-refractivity contribution in [1.82, 2.24) is 5.43 Å². The zero-order valence-electron chi connectivity index (χ0n) is 11.3. The molecule has 3 nitrogen and oxygen atoms in total. The molecule has 0 aromatic heterocycles. The molecule has 1 aromatic carbocycles. The average molecular weight is 255 g/mol. The molecule has 0 aliphatic heterocycles. The van der Waals surface area contributed by atoms with Crippen molar-refractivity contribution in [3.05, 3.63) is 72.4 Å². The van der Waals surface area contributed by atoms with Crippen molar-refractivity contribution in [2.24, 2.45) is 10.8 Å². The molecular formula is C16H21N3. The molecule has 0 saturated carbocycles. The van der Waals surface area contributed by atoms with Crippen LogP contribution in [0.3, 0.4) is 0 Å². The van der Waals surface area contributed by atoms with E-state index in [2.05, 4.69) is 23.2 Å². The third kappa shape index (κ3) is 5.73. The lowest BCUT2D eigenvalue weighted by Crippen LogP contribution is -2.19. The number of benzene rings is 1. The topological polar surface area (TPSA) is 50.4 Å². The Morgan fingerprint density at radius 2 is 2.11 bits per heavy atom. The van der Waals surface area contributed by atoms with Gasteiger partial charge in [0.1, 0.15) is 0 Å². The molecule has 0 aliphatic rings. The van der Waals surface area contributed by atoms with Crippen LogP contribution in [0.5, 0.6) is 0 Å². The van der Waals surface area contributed by atoms with Gasteiger partial charge in [-0.05, 0) is 13.3 Å². The van der Waals surface area contributed by atoms with Gasteiger partial charge in [-0.2, -0.15) is 5.10 Å². The second kappa shape index (κ2) is 8.75. The normalized spacial score (nSPS) is 12.7. The highest BCUT2D eigenvalue weighted by atomic mass is 15.3. The SMILES string of the molecule is C=C/C=C\C(=C/C)CCNN=C(N)c1ccccc1. The van der Waals surface area contributed by atoms with E-state index in [1.54, 1.807) is 6.08 Å². The monoisotopic (exact) mass is 255 g/mol. The highest BCUT2D eigenvalue weighted by Gasteiger charge is 1.96. The minimum atomic E-state index is 0.504. The maximum absolute atomic E-state index is 5.87. The van der Waals surface area contributed by atoms with Crippen LogP contribution in [0.2, 0.25) is 0 Å². The number of nitrogens with zero attached hydrogens (tertiary/aromatic N) is 1. The van der Waals surface area contributed by atoms with Crippen LogP contribution in [-0.2, 0) is 0 Å². The van der Waals surface area contributed by atoms with Crippen LogP contribution < -0.4 is 11.2 Å². The Balaban J connectivity index is 2.42. The molecule has 3 N–H and O–H groups in total. The van der Waals surface area contributed by atoms with Crippen molar-refractivity contribution in [3.63, 3.8) is 0 Å². The number of hydrogen-bond donors (Lipinski definition) is 2. The lowest BCUT2D eigenvalue weighted by Gasteiger charge is -2.04. The number of amidine groups is 1. The van der Waals surface area contributed by atoms with Crippen molar-refractivity contribution >= 4 is 5.84 Å². The summed E-state index contributed by atoms with van der Waals surface area (Å²) in [6, 6.07) is 9.70. The van der Waals surface area contributed by atoms with Gasteiger partial charge in [0.15, 0.2) is 5.84 Å². The fourth-order valence-electron chi connectivity index (χ4n) is 1.53. The van der Waals surface area contributed by atoms with Crippen LogP contribution in [0, 0.1) is 0 Å². The van der Waals surface area contributed by atoms with Crippen LogP contribution in [0.1, 0.15) is 18.9 Å². The smallest absolute Gasteiger partial charge is 0.150 e. The molecule has 0 bridgehead atoms. The lowest BCUT2D eigenvalue weighted by molar-refractivity contribution is 0.731. The van der Waals surface area contributed by atoms with E-state index in [0.29, 0.717) is 5.84 Å². The van der Waals surface area contributed by atoms with Gasteiger partial charge in [-0.1, -0.05) is 66.8 Å². The molecule has 3 heteroatoms. The molecule has 0 spiro atoms. The van der Waals surface area contributed by atoms with Gasteiger partial charge < -0.3 is 11.2 Å². The maximum Gasteiger partial charge on any atom is 0.150 e. The molecular weight excluding hydrogens is 234 g/mol. The Labute approximate surface area is 115 Å². The quantitative estimate of drug-likeness (QED) is 0.259. The first kappa shape index (κ1) is 14.8. The summed E-state index contributed by atoms with van der Waals surface area (Å²) in [5.74, 6) is 0.504. The fraction of sp³-hybridized carbons (Fsp3) is 0.188. The summed E-state index contributed by atoms with van der Waals surface area (Å²) in [6.45, 7) is 6.42. The zero-order valence-corrected chi connectivity index (χ0v) is 11.3. The molecule has 1 aromatic rings. The summed E-state index contributed by atoms with van der Waals surface area (Å²) in [5, 5.41) is 4.15. The summed E-state index contributed by atoms with van der Waals surface area (Å²) in [4.78, 5) is 0. The van der Waals surface area contributed by atoms with E-state index in [1.165, 1.54) is 5.57 Å². The van der Waals surface area contributed by atoms with Gasteiger partial charge in [-0.15, -0.1) is 0 Å². The van der Waals surface area contributed by atoms with Gasteiger partial charge in [0.25, 0.3) is 0 Å². The van der Waals surface area contributed by atoms with Gasteiger partial charge in [-0.25, -0.2) is 0 Å². The molecule has 0 radical (unpaired) electrons. The predicted octanol–water partition coefficient (Wildman–Crippen LogP) is 2.98. The average Bonchev–Trinajstić information content (AvgIpc) is 2.47. The van der Waals surface area contributed by atoms with Crippen molar-refractivity contribution in [2.45, 2.75) is 13.3 Å². The minimum Gasteiger partial charge on any atom is -0.382 e. The molecule has 0 unspecified atom stereocenters. The first-order valence-corrected chi connectivity index (χ1v) is 6.33. The van der Waals surface area contributed by atoms with E-state index in [9.17, 15) is 0 Å². The van der Waals surface area contributed by atoms with E-state index in [1.807, 2.05) is 49.4 Å². The Morgan fingerprint density at radius 3 is 2.74 bits per heavy atom. The van der Waals surface area contributed by atoms with Crippen LogP contribution in [0.4, 0.5) is 0 Å². The van der Waals surface area contributed by atoms with Crippen molar-refractivity contribution in [3.8, 4) is 0 Å². The van der Waals surface area contributed by atoms with E-state index < -0.39 is 0 Å². The Kier molecular flexibility index (Phi) is 6.80. The van der Waals surface area contributed by atoms with E-state index in [0.717, 1.165) is 18.5 Å². The third-order valence-electron chi connectivity index (χ3n) is 2.61. The summed E-state index contributed by atoms with van der Waals surface area (Å²) >= 11 is 0. The number of allylic oxidation sites excluding steroid dienone is 4. The van der Waals surface area contributed by atoms with E-state index in [4.69, 9.17) is 5.73 Å². The van der Waals surface area contributed by atoms with Crippen molar-refractivity contribution in [2.75, 3.05) is 6.54 Å². The maximum atomic E-state index is 5.87. The van der Waals surface area contributed by atoms with Gasteiger partial charge in [0.2, 0.25) is 0 Å². The molecule has 1 rings (SSSR count). The molecule has 19 heavy (non-hydrogen) atoms. The Bertz CT molecular complexity index is 470. The van der Waals surface area contributed by atoms with Gasteiger partial charge in [0.05, 0.1) is 0 Å². The second-order valence-corrected chi connectivity index (χ2v) is 3.98. The minimum absolute atomic E-state index is 0.504. The molecule has 0 aliphatic carbocycles. The fourth-order valence-corrected chi connectivity index (χ4v) is 1.53. The van der Waals surface area contributed by atoms with Crippen LogP contribution in [0.15, 0.2) is 71.9 Å². The highest BCUT2D eigenvalue weighted by Crippen LogP contribution is 2.02. The number of rotatable bonds is 7. The summed E-state index contributed by atoms with van der Waals surface area (Å²) in [7, 11) is 0. The molecule has 0 amide bonds. The summed E-state index contributed by atoms with van der Waals surface area (Å²) in [6.07, 6.45) is 8.71. The number of hydrogen-bond acceptors (Lipinski definition) is 2. The molecule has 0 saturated heterocycles. The molecule has 100 valence electrons. The third-order valence-corrected chi connectivity index (χ3v) is 2.61. The Morgan fingerprint density at radius 1 is 1.37 bits per heavy atom. The number of nitrogens with two attached hydrogens (primary N) is 1. The first-order valence-electron chi connectivity index (χ1n) is 6.33. The second-order valence-electron chi connectivity index (χ2n) is 3.98. The standard InChI is InChI=1S/C16H21N3/c1-3-5-9-14(4-2)12-13-18-19-16(17)15-10-7-6-8-11-15/h3-11,18H,1,12-13H2,2H3,(H2,17,19)/b9-5-,14-4+. The lowest BCUT2D eigenvalue weighted by atomic mass is 10.1. The molecule has 0 atom stereocenters. The van der Waals surface area contributed by atoms with Crippen molar-refractivity contribution in [1.29, 1.82) is 0 Å². The van der Waals surface area contributed by atoms with Crippen LogP contribution in [0.25, 0.3) is 0 Å². The zero-order chi connectivity index (χ0) is 13.9. The molecule has 0 fully saturated rings. The van der Waals surface area contributed by atoms with Crippen molar-refractivity contribution < 1.29 is 0 Å². The van der Waals surface area contributed by atoms with Crippen LogP contribution in [-0.4, -0.2) is 12.4 Å². The Hall–Kier alpha value is -2.29. The van der Waals surface area contributed by atoms with Gasteiger partial charge in [-0.3, -0.25) is 0 Å². The highest BCUT2D eigenvalue weighted by molar-refractivity contribution is 5.97. The van der Waals surface area contributed by atoms with E-state index >= 15 is 0 Å². The predicted molar refractivity (Wildman–Crippen MR) is 82.9 cm³/mol. The summed E-state index contributed by atoms with van der Waals surface area (Å²) in [5.41, 5.74) is 11.0. The number of hydrazone groups is 1.